The van der Waals surface area contributed by atoms with Crippen LogP contribution in [0, 0.1) is 6.92 Å². The maximum absolute atomic E-state index is 12.1. The van der Waals surface area contributed by atoms with E-state index in [0.717, 1.165) is 16.9 Å². The molecule has 0 bridgehead atoms. The molecule has 140 valence electrons. The number of aromatic nitrogens is 2. The number of carbonyl (C=O) groups excluding carboxylic acids is 1. The molecule has 0 saturated carbocycles. The van der Waals surface area contributed by atoms with Crippen LogP contribution in [-0.2, 0) is 11.2 Å². The molecule has 3 rings (SSSR count). The van der Waals surface area contributed by atoms with E-state index in [9.17, 15) is 9.90 Å². The molecule has 27 heavy (non-hydrogen) atoms. The zero-order valence-electron chi connectivity index (χ0n) is 15.2. The first-order valence-electron chi connectivity index (χ1n) is 8.61. The fourth-order valence-electron chi connectivity index (χ4n) is 2.58. The van der Waals surface area contributed by atoms with Gasteiger partial charge in [0, 0.05) is 18.4 Å². The van der Waals surface area contributed by atoms with Gasteiger partial charge in [0.25, 0.3) is 0 Å². The van der Waals surface area contributed by atoms with Crippen molar-refractivity contribution in [3.8, 4) is 22.9 Å². The van der Waals surface area contributed by atoms with Crippen LogP contribution < -0.4 is 10.1 Å². The van der Waals surface area contributed by atoms with Crippen molar-refractivity contribution < 1.29 is 19.2 Å². The SMILES string of the molecule is COc1ccc(-c2noc(CCCC(=O)Nc3cc(C)ccc3O)n2)cc1. The van der Waals surface area contributed by atoms with E-state index in [0.29, 0.717) is 30.2 Å². The number of ether oxygens (including phenoxy) is 1. The third kappa shape index (κ3) is 4.84. The summed E-state index contributed by atoms with van der Waals surface area (Å²) in [6, 6.07) is 12.4. The Morgan fingerprint density at radius 1 is 1.22 bits per heavy atom. The summed E-state index contributed by atoms with van der Waals surface area (Å²) >= 11 is 0. The normalized spacial score (nSPS) is 10.6. The van der Waals surface area contributed by atoms with Gasteiger partial charge in [-0.05, 0) is 55.3 Å². The van der Waals surface area contributed by atoms with Gasteiger partial charge in [0.15, 0.2) is 0 Å². The summed E-state index contributed by atoms with van der Waals surface area (Å²) in [6.07, 6.45) is 1.34. The van der Waals surface area contributed by atoms with Crippen LogP contribution in [-0.4, -0.2) is 28.3 Å². The summed E-state index contributed by atoms with van der Waals surface area (Å²) in [5.74, 6) is 1.61. The monoisotopic (exact) mass is 367 g/mol. The zero-order valence-corrected chi connectivity index (χ0v) is 15.2. The molecule has 1 heterocycles. The highest BCUT2D eigenvalue weighted by atomic mass is 16.5. The van der Waals surface area contributed by atoms with Crippen LogP contribution >= 0.6 is 0 Å². The average Bonchev–Trinajstić information content (AvgIpc) is 3.14. The smallest absolute Gasteiger partial charge is 0.226 e. The van der Waals surface area contributed by atoms with Crippen LogP contribution in [0.3, 0.4) is 0 Å². The molecule has 0 aliphatic carbocycles. The molecule has 0 saturated heterocycles. The van der Waals surface area contributed by atoms with Crippen molar-refractivity contribution in [1.82, 2.24) is 10.1 Å². The molecule has 0 unspecified atom stereocenters. The number of rotatable bonds is 7. The summed E-state index contributed by atoms with van der Waals surface area (Å²) in [5, 5.41) is 16.5. The number of benzene rings is 2. The summed E-state index contributed by atoms with van der Waals surface area (Å²) < 4.78 is 10.4. The Balaban J connectivity index is 1.51. The van der Waals surface area contributed by atoms with E-state index < -0.39 is 0 Å². The highest BCUT2D eigenvalue weighted by Gasteiger charge is 2.11. The first-order valence-corrected chi connectivity index (χ1v) is 8.61. The van der Waals surface area contributed by atoms with Gasteiger partial charge in [-0.3, -0.25) is 4.79 Å². The molecule has 0 aliphatic heterocycles. The molecular weight excluding hydrogens is 346 g/mol. The molecular formula is C20H21N3O4. The van der Waals surface area contributed by atoms with Crippen molar-refractivity contribution in [3.05, 3.63) is 53.9 Å². The van der Waals surface area contributed by atoms with Gasteiger partial charge in [-0.15, -0.1) is 0 Å². The minimum absolute atomic E-state index is 0.0509. The van der Waals surface area contributed by atoms with E-state index in [1.54, 1.807) is 25.3 Å². The highest BCUT2D eigenvalue weighted by Crippen LogP contribution is 2.24. The quantitative estimate of drug-likeness (QED) is 0.618. The van der Waals surface area contributed by atoms with Crippen molar-refractivity contribution in [2.75, 3.05) is 12.4 Å². The highest BCUT2D eigenvalue weighted by molar-refractivity contribution is 5.92. The van der Waals surface area contributed by atoms with Gasteiger partial charge >= 0.3 is 0 Å². The number of nitrogens with one attached hydrogen (secondary N) is 1. The van der Waals surface area contributed by atoms with Crippen LogP contribution in [0.2, 0.25) is 0 Å². The lowest BCUT2D eigenvalue weighted by atomic mass is 10.2. The van der Waals surface area contributed by atoms with Crippen molar-refractivity contribution in [3.63, 3.8) is 0 Å². The van der Waals surface area contributed by atoms with Crippen LogP contribution in [0.1, 0.15) is 24.3 Å². The minimum atomic E-state index is -0.175. The fourth-order valence-corrected chi connectivity index (χ4v) is 2.58. The summed E-state index contributed by atoms with van der Waals surface area (Å²) in [7, 11) is 1.61. The number of carbonyl (C=O) groups is 1. The van der Waals surface area contributed by atoms with E-state index in [4.69, 9.17) is 9.26 Å². The van der Waals surface area contributed by atoms with E-state index in [1.165, 1.54) is 0 Å². The number of hydrogen-bond acceptors (Lipinski definition) is 6. The molecule has 1 amide bonds. The summed E-state index contributed by atoms with van der Waals surface area (Å²) in [6.45, 7) is 1.89. The Morgan fingerprint density at radius 3 is 2.74 bits per heavy atom. The predicted molar refractivity (Wildman–Crippen MR) is 101 cm³/mol. The maximum atomic E-state index is 12.1. The van der Waals surface area contributed by atoms with Crippen molar-refractivity contribution in [2.45, 2.75) is 26.2 Å². The predicted octanol–water partition coefficient (Wildman–Crippen LogP) is 3.72. The van der Waals surface area contributed by atoms with Gasteiger partial charge in [0.05, 0.1) is 12.8 Å². The molecule has 1 aromatic heterocycles. The number of phenols is 1. The number of amides is 1. The first kappa shape index (κ1) is 18.4. The van der Waals surface area contributed by atoms with E-state index in [1.807, 2.05) is 31.2 Å². The van der Waals surface area contributed by atoms with Gasteiger partial charge in [0.2, 0.25) is 17.6 Å². The van der Waals surface area contributed by atoms with Crippen molar-refractivity contribution in [1.29, 1.82) is 0 Å². The molecule has 7 nitrogen and oxygen atoms in total. The minimum Gasteiger partial charge on any atom is -0.506 e. The Kier molecular flexibility index (Phi) is 5.71. The average molecular weight is 367 g/mol. The van der Waals surface area contributed by atoms with Gasteiger partial charge in [-0.1, -0.05) is 11.2 Å². The van der Waals surface area contributed by atoms with Crippen molar-refractivity contribution in [2.24, 2.45) is 0 Å². The number of anilines is 1. The second-order valence-corrected chi connectivity index (χ2v) is 6.16. The van der Waals surface area contributed by atoms with Gasteiger partial charge in [-0.2, -0.15) is 4.98 Å². The van der Waals surface area contributed by atoms with E-state index in [2.05, 4.69) is 15.5 Å². The number of phenolic OH excluding ortho intramolecular Hbond substituents is 1. The number of methoxy groups -OCH3 is 1. The topological polar surface area (TPSA) is 97.5 Å². The molecule has 0 fully saturated rings. The molecule has 0 atom stereocenters. The van der Waals surface area contributed by atoms with Gasteiger partial charge < -0.3 is 19.7 Å². The third-order valence-corrected chi connectivity index (χ3v) is 4.04. The lowest BCUT2D eigenvalue weighted by Gasteiger charge is -2.07. The van der Waals surface area contributed by atoms with Crippen LogP contribution in [0.4, 0.5) is 5.69 Å². The van der Waals surface area contributed by atoms with E-state index in [-0.39, 0.29) is 18.1 Å². The second-order valence-electron chi connectivity index (χ2n) is 6.16. The van der Waals surface area contributed by atoms with Crippen molar-refractivity contribution >= 4 is 11.6 Å². The molecule has 0 radical (unpaired) electrons. The Bertz CT molecular complexity index is 919. The number of nitrogens with zero attached hydrogens (tertiary/aromatic N) is 2. The first-order chi connectivity index (χ1) is 13.0. The lowest BCUT2D eigenvalue weighted by molar-refractivity contribution is -0.116. The molecule has 7 heteroatoms. The standard InChI is InChI=1S/C20H21N3O4/c1-13-6-11-17(24)16(12-13)21-18(25)4-3-5-19-22-20(23-27-19)14-7-9-15(26-2)10-8-14/h6-12,24H,3-5H2,1-2H3,(H,21,25). The largest absolute Gasteiger partial charge is 0.506 e. The summed E-state index contributed by atoms with van der Waals surface area (Å²) in [5.41, 5.74) is 2.21. The number of aryl methyl sites for hydroxylation is 2. The molecule has 2 N–H and O–H groups in total. The Hall–Kier alpha value is -3.35. The van der Waals surface area contributed by atoms with Crippen LogP contribution in [0.25, 0.3) is 11.4 Å². The number of hydrogen-bond donors (Lipinski definition) is 2. The molecule has 3 aromatic rings. The Morgan fingerprint density at radius 2 is 2.00 bits per heavy atom. The Labute approximate surface area is 157 Å². The third-order valence-electron chi connectivity index (χ3n) is 4.04. The molecule has 0 spiro atoms. The molecule has 0 aliphatic rings. The second kappa shape index (κ2) is 8.35. The van der Waals surface area contributed by atoms with E-state index >= 15 is 0 Å². The lowest BCUT2D eigenvalue weighted by Crippen LogP contribution is -2.11. The fraction of sp³-hybridized carbons (Fsp3) is 0.250. The number of aromatic hydroxyl groups is 1. The molecule has 2 aromatic carbocycles. The van der Waals surface area contributed by atoms with Crippen LogP contribution in [0.5, 0.6) is 11.5 Å². The van der Waals surface area contributed by atoms with Gasteiger partial charge in [-0.25, -0.2) is 0 Å². The van der Waals surface area contributed by atoms with Gasteiger partial charge in [0.1, 0.15) is 11.5 Å². The zero-order chi connectivity index (χ0) is 19.2. The maximum Gasteiger partial charge on any atom is 0.226 e. The summed E-state index contributed by atoms with van der Waals surface area (Å²) in [4.78, 5) is 16.4. The van der Waals surface area contributed by atoms with Crippen LogP contribution in [0.15, 0.2) is 47.0 Å².